The fraction of sp³-hybridized carbons (Fsp3) is 0.190. The zero-order chi connectivity index (χ0) is 21.1. The highest BCUT2D eigenvalue weighted by atomic mass is 32.2. The maximum atomic E-state index is 12.6. The van der Waals surface area contributed by atoms with Crippen LogP contribution >= 0.6 is 0 Å². The van der Waals surface area contributed by atoms with E-state index < -0.39 is 10.0 Å². The molecule has 2 heterocycles. The molecular formula is C21H22N6O2S. The standard InChI is InChI=1S/C21H22N6O2S/c1-15-16(2)27(14-25-15)21-12-20(23-13-24-21)22-9-10-26-30(28,29)19-8-7-17-5-3-4-6-18(17)11-19/h3-8,11-14,26H,9-10H2,1-2H3,(H,22,23,24). The summed E-state index contributed by atoms with van der Waals surface area (Å²) in [5.41, 5.74) is 1.94. The first-order chi connectivity index (χ1) is 14.4. The van der Waals surface area contributed by atoms with Gasteiger partial charge in [0.25, 0.3) is 0 Å². The summed E-state index contributed by atoms with van der Waals surface area (Å²) in [4.78, 5) is 13.0. The van der Waals surface area contributed by atoms with Gasteiger partial charge in [-0.15, -0.1) is 0 Å². The average Bonchev–Trinajstić information content (AvgIpc) is 3.09. The van der Waals surface area contributed by atoms with Crippen molar-refractivity contribution in [1.29, 1.82) is 0 Å². The molecule has 0 amide bonds. The Morgan fingerprint density at radius 1 is 0.933 bits per heavy atom. The molecular weight excluding hydrogens is 400 g/mol. The van der Waals surface area contributed by atoms with Gasteiger partial charge in [0.2, 0.25) is 10.0 Å². The maximum absolute atomic E-state index is 12.6. The molecule has 0 spiro atoms. The Morgan fingerprint density at radius 2 is 1.73 bits per heavy atom. The molecule has 9 heteroatoms. The Kier molecular flexibility index (Phi) is 5.47. The molecule has 0 bridgehead atoms. The summed E-state index contributed by atoms with van der Waals surface area (Å²) >= 11 is 0. The molecule has 2 N–H and O–H groups in total. The van der Waals surface area contributed by atoms with Gasteiger partial charge in [0.05, 0.1) is 10.6 Å². The summed E-state index contributed by atoms with van der Waals surface area (Å²) in [6, 6.07) is 14.6. The minimum atomic E-state index is -3.60. The predicted molar refractivity (Wildman–Crippen MR) is 116 cm³/mol. The van der Waals surface area contributed by atoms with E-state index in [1.165, 1.54) is 6.33 Å². The zero-order valence-electron chi connectivity index (χ0n) is 16.7. The number of aryl methyl sites for hydroxylation is 1. The van der Waals surface area contributed by atoms with Crippen LogP contribution < -0.4 is 10.0 Å². The van der Waals surface area contributed by atoms with Gasteiger partial charge in [0.1, 0.15) is 24.3 Å². The van der Waals surface area contributed by atoms with Crippen LogP contribution in [-0.4, -0.2) is 41.0 Å². The van der Waals surface area contributed by atoms with Gasteiger partial charge in [-0.1, -0.05) is 30.3 Å². The van der Waals surface area contributed by atoms with E-state index >= 15 is 0 Å². The topological polar surface area (TPSA) is 102 Å². The average molecular weight is 423 g/mol. The second-order valence-electron chi connectivity index (χ2n) is 6.88. The lowest BCUT2D eigenvalue weighted by atomic mass is 10.1. The molecule has 2 aromatic carbocycles. The van der Waals surface area contributed by atoms with Gasteiger partial charge in [0.15, 0.2) is 0 Å². The summed E-state index contributed by atoms with van der Waals surface area (Å²) in [6.07, 6.45) is 3.18. The van der Waals surface area contributed by atoms with E-state index in [4.69, 9.17) is 0 Å². The number of nitrogens with one attached hydrogen (secondary N) is 2. The van der Waals surface area contributed by atoms with Crippen LogP contribution in [0, 0.1) is 13.8 Å². The van der Waals surface area contributed by atoms with Crippen molar-refractivity contribution in [2.75, 3.05) is 18.4 Å². The number of nitrogens with zero attached hydrogens (tertiary/aromatic N) is 4. The van der Waals surface area contributed by atoms with Crippen molar-refractivity contribution in [3.8, 4) is 5.82 Å². The molecule has 4 rings (SSSR count). The van der Waals surface area contributed by atoms with E-state index in [-0.39, 0.29) is 11.4 Å². The normalized spacial score (nSPS) is 11.7. The molecule has 0 saturated heterocycles. The Hall–Kier alpha value is -3.30. The van der Waals surface area contributed by atoms with Crippen LogP contribution in [0.5, 0.6) is 0 Å². The minimum absolute atomic E-state index is 0.220. The van der Waals surface area contributed by atoms with Gasteiger partial charge >= 0.3 is 0 Å². The van der Waals surface area contributed by atoms with Crippen molar-refractivity contribution < 1.29 is 8.42 Å². The number of anilines is 1. The first-order valence-electron chi connectivity index (χ1n) is 9.49. The van der Waals surface area contributed by atoms with Crippen molar-refractivity contribution in [3.63, 3.8) is 0 Å². The molecule has 0 aliphatic heterocycles. The van der Waals surface area contributed by atoms with Gasteiger partial charge in [-0.25, -0.2) is 28.1 Å². The number of sulfonamides is 1. The van der Waals surface area contributed by atoms with E-state index in [0.717, 1.165) is 22.2 Å². The quantitative estimate of drug-likeness (QED) is 0.444. The summed E-state index contributed by atoms with van der Waals surface area (Å²) in [6.45, 7) is 4.51. The van der Waals surface area contributed by atoms with Gasteiger partial charge in [-0.3, -0.25) is 4.57 Å². The Bertz CT molecular complexity index is 1300. The molecule has 0 radical (unpaired) electrons. The van der Waals surface area contributed by atoms with Gasteiger partial charge in [-0.05, 0) is 36.8 Å². The maximum Gasteiger partial charge on any atom is 0.240 e. The summed E-state index contributed by atoms with van der Waals surface area (Å²) in [7, 11) is -3.60. The Balaban J connectivity index is 1.38. The molecule has 0 aliphatic rings. The van der Waals surface area contributed by atoms with Crippen molar-refractivity contribution in [1.82, 2.24) is 24.2 Å². The minimum Gasteiger partial charge on any atom is -0.369 e. The molecule has 0 aliphatic carbocycles. The summed E-state index contributed by atoms with van der Waals surface area (Å²) < 4.78 is 29.7. The lowest BCUT2D eigenvalue weighted by Gasteiger charge is -2.10. The fourth-order valence-corrected chi connectivity index (χ4v) is 4.17. The first-order valence-corrected chi connectivity index (χ1v) is 11.0. The molecule has 30 heavy (non-hydrogen) atoms. The third kappa shape index (κ3) is 4.17. The van der Waals surface area contributed by atoms with Gasteiger partial charge < -0.3 is 5.32 Å². The van der Waals surface area contributed by atoms with Crippen LogP contribution in [0.3, 0.4) is 0 Å². The molecule has 0 unspecified atom stereocenters. The second kappa shape index (κ2) is 8.21. The molecule has 0 fully saturated rings. The SMILES string of the molecule is Cc1ncn(-c2cc(NCCNS(=O)(=O)c3ccc4ccccc4c3)ncn2)c1C. The summed E-state index contributed by atoms with van der Waals surface area (Å²) in [5, 5.41) is 5.01. The highest BCUT2D eigenvalue weighted by Gasteiger charge is 2.14. The largest absolute Gasteiger partial charge is 0.369 e. The Morgan fingerprint density at radius 3 is 2.50 bits per heavy atom. The van der Waals surface area contributed by atoms with Crippen LogP contribution in [-0.2, 0) is 10.0 Å². The number of hydrogen-bond acceptors (Lipinski definition) is 6. The van der Waals surface area contributed by atoms with Crippen LogP contribution in [0.4, 0.5) is 5.82 Å². The van der Waals surface area contributed by atoms with E-state index in [2.05, 4.69) is 25.0 Å². The molecule has 154 valence electrons. The fourth-order valence-electron chi connectivity index (χ4n) is 3.10. The van der Waals surface area contributed by atoms with E-state index in [0.29, 0.717) is 18.2 Å². The van der Waals surface area contributed by atoms with E-state index in [1.807, 2.05) is 48.7 Å². The number of rotatable bonds is 7. The Labute approximate surface area is 175 Å². The number of aromatic nitrogens is 4. The molecule has 0 saturated carbocycles. The number of imidazole rings is 1. The predicted octanol–water partition coefficient (Wildman–Crippen LogP) is 2.82. The smallest absolute Gasteiger partial charge is 0.240 e. The van der Waals surface area contributed by atoms with E-state index in [1.54, 1.807) is 24.5 Å². The highest BCUT2D eigenvalue weighted by Crippen LogP contribution is 2.19. The number of hydrogen-bond donors (Lipinski definition) is 2. The van der Waals surface area contributed by atoms with Gasteiger partial charge in [-0.2, -0.15) is 0 Å². The van der Waals surface area contributed by atoms with Crippen LogP contribution in [0.2, 0.25) is 0 Å². The van der Waals surface area contributed by atoms with Crippen LogP contribution in [0.1, 0.15) is 11.4 Å². The van der Waals surface area contributed by atoms with Crippen molar-refractivity contribution in [3.05, 3.63) is 72.6 Å². The molecule has 2 aromatic heterocycles. The van der Waals surface area contributed by atoms with Crippen LogP contribution in [0.15, 0.2) is 66.1 Å². The lowest BCUT2D eigenvalue weighted by Crippen LogP contribution is -2.29. The first kappa shape index (κ1) is 20.0. The molecule has 4 aromatic rings. The second-order valence-corrected chi connectivity index (χ2v) is 8.65. The molecule has 0 atom stereocenters. The van der Waals surface area contributed by atoms with Crippen LogP contribution in [0.25, 0.3) is 16.6 Å². The molecule has 8 nitrogen and oxygen atoms in total. The van der Waals surface area contributed by atoms with Crippen molar-refractivity contribution in [2.45, 2.75) is 18.7 Å². The van der Waals surface area contributed by atoms with Crippen molar-refractivity contribution in [2.24, 2.45) is 0 Å². The van der Waals surface area contributed by atoms with Gasteiger partial charge in [0, 0.05) is 24.8 Å². The van der Waals surface area contributed by atoms with E-state index in [9.17, 15) is 8.42 Å². The third-order valence-electron chi connectivity index (χ3n) is 4.91. The monoisotopic (exact) mass is 422 g/mol. The zero-order valence-corrected chi connectivity index (χ0v) is 17.5. The third-order valence-corrected chi connectivity index (χ3v) is 6.36. The van der Waals surface area contributed by atoms with Crippen molar-refractivity contribution >= 4 is 26.6 Å². The number of benzene rings is 2. The summed E-state index contributed by atoms with van der Waals surface area (Å²) in [5.74, 6) is 1.30. The highest BCUT2D eigenvalue weighted by molar-refractivity contribution is 7.89. The number of fused-ring (bicyclic) bond motifs is 1. The lowest BCUT2D eigenvalue weighted by molar-refractivity contribution is 0.583.